The zero-order valence-electron chi connectivity index (χ0n) is 10.9. The molecule has 0 bridgehead atoms. The molecule has 1 aliphatic rings. The average Bonchev–Trinajstić information content (AvgIpc) is 2.84. The Bertz CT molecular complexity index is 561. The minimum atomic E-state index is -3.89. The van der Waals surface area contributed by atoms with Gasteiger partial charge in [-0.05, 0) is 37.3 Å². The zero-order valence-corrected chi connectivity index (χ0v) is 11.7. The Morgan fingerprint density at radius 1 is 1.40 bits per heavy atom. The first kappa shape index (κ1) is 14.9. The molecule has 8 heteroatoms. The molecule has 0 radical (unpaired) electrons. The van der Waals surface area contributed by atoms with E-state index in [1.54, 1.807) is 24.5 Å². The van der Waals surface area contributed by atoms with Crippen LogP contribution in [0, 0.1) is 5.92 Å². The minimum absolute atomic E-state index is 0.0322. The second-order valence-corrected chi connectivity index (χ2v) is 6.08. The summed E-state index contributed by atoms with van der Waals surface area (Å²) < 4.78 is 26.0. The van der Waals surface area contributed by atoms with Gasteiger partial charge in [0.25, 0.3) is 5.91 Å². The molecule has 1 aromatic heterocycles. The van der Waals surface area contributed by atoms with Gasteiger partial charge in [0, 0.05) is 24.0 Å². The lowest BCUT2D eigenvalue weighted by molar-refractivity contribution is 0.0936. The van der Waals surface area contributed by atoms with Crippen molar-refractivity contribution in [3.63, 3.8) is 0 Å². The summed E-state index contributed by atoms with van der Waals surface area (Å²) in [6.07, 6.45) is 5.41. The molecule has 110 valence electrons. The molecule has 2 rings (SSSR count). The smallest absolute Gasteiger partial charge is 0.333 e. The standard InChI is InChI=1S/C12H17N3O4S/c13-20(17,18)19-8-9-1-2-11(7-9)15-12(16)10-3-5-14-6-4-10/h3-6,9,11H,1-2,7-8H2,(H,15,16)(H2,13,17,18). The molecule has 0 spiro atoms. The van der Waals surface area contributed by atoms with E-state index >= 15 is 0 Å². The van der Waals surface area contributed by atoms with Gasteiger partial charge in [-0.2, -0.15) is 8.42 Å². The van der Waals surface area contributed by atoms with Gasteiger partial charge in [-0.25, -0.2) is 5.14 Å². The molecular weight excluding hydrogens is 282 g/mol. The number of hydrogen-bond donors (Lipinski definition) is 2. The fraction of sp³-hybridized carbons (Fsp3) is 0.500. The molecule has 0 aliphatic heterocycles. The number of carbonyl (C=O) groups excluding carboxylic acids is 1. The summed E-state index contributed by atoms with van der Waals surface area (Å²) in [5.74, 6) is -0.0542. The third kappa shape index (κ3) is 4.55. The van der Waals surface area contributed by atoms with Gasteiger partial charge in [0.05, 0.1) is 6.61 Å². The number of pyridine rings is 1. The van der Waals surface area contributed by atoms with Crippen LogP contribution in [0.3, 0.4) is 0 Å². The summed E-state index contributed by atoms with van der Waals surface area (Å²) >= 11 is 0. The lowest BCUT2D eigenvalue weighted by Gasteiger charge is -2.13. The predicted molar refractivity (Wildman–Crippen MR) is 71.9 cm³/mol. The molecule has 1 fully saturated rings. The maximum atomic E-state index is 11.9. The fourth-order valence-electron chi connectivity index (χ4n) is 2.32. The monoisotopic (exact) mass is 299 g/mol. The highest BCUT2D eigenvalue weighted by molar-refractivity contribution is 7.84. The first-order chi connectivity index (χ1) is 9.44. The van der Waals surface area contributed by atoms with E-state index in [-0.39, 0.29) is 24.5 Å². The van der Waals surface area contributed by atoms with Gasteiger partial charge in [-0.1, -0.05) is 0 Å². The summed E-state index contributed by atoms with van der Waals surface area (Å²) in [5.41, 5.74) is 0.559. The molecule has 0 saturated heterocycles. The molecule has 1 aromatic rings. The number of hydrogen-bond acceptors (Lipinski definition) is 5. The first-order valence-electron chi connectivity index (χ1n) is 6.32. The number of aromatic nitrogens is 1. The Balaban J connectivity index is 1.80. The van der Waals surface area contributed by atoms with Gasteiger partial charge in [0.2, 0.25) is 0 Å². The second-order valence-electron chi connectivity index (χ2n) is 4.86. The second kappa shape index (κ2) is 6.29. The van der Waals surface area contributed by atoms with Gasteiger partial charge >= 0.3 is 10.3 Å². The van der Waals surface area contributed by atoms with Crippen LogP contribution in [0.5, 0.6) is 0 Å². The van der Waals surface area contributed by atoms with Crippen molar-refractivity contribution in [3.8, 4) is 0 Å². The van der Waals surface area contributed by atoms with Gasteiger partial charge in [-0.3, -0.25) is 14.0 Å². The molecule has 3 N–H and O–H groups in total. The van der Waals surface area contributed by atoms with E-state index in [0.717, 1.165) is 12.8 Å². The van der Waals surface area contributed by atoms with E-state index in [0.29, 0.717) is 12.0 Å². The highest BCUT2D eigenvalue weighted by atomic mass is 32.2. The van der Waals surface area contributed by atoms with Crippen LogP contribution in [0.1, 0.15) is 29.6 Å². The van der Waals surface area contributed by atoms with Gasteiger partial charge in [-0.15, -0.1) is 0 Å². The van der Waals surface area contributed by atoms with E-state index < -0.39 is 10.3 Å². The number of carbonyl (C=O) groups is 1. The van der Waals surface area contributed by atoms with E-state index in [1.807, 2.05) is 0 Å². The van der Waals surface area contributed by atoms with Crippen LogP contribution in [0.25, 0.3) is 0 Å². The molecule has 1 heterocycles. The quantitative estimate of drug-likeness (QED) is 0.806. The van der Waals surface area contributed by atoms with E-state index in [1.165, 1.54) is 0 Å². The maximum Gasteiger partial charge on any atom is 0.333 e. The molecule has 1 saturated carbocycles. The molecule has 1 aliphatic carbocycles. The lowest BCUT2D eigenvalue weighted by atomic mass is 10.1. The normalized spacial score (nSPS) is 22.6. The Kier molecular flexibility index (Phi) is 4.69. The van der Waals surface area contributed by atoms with Gasteiger partial charge < -0.3 is 5.32 Å². The summed E-state index contributed by atoms with van der Waals surface area (Å²) in [5, 5.41) is 7.70. The molecule has 2 atom stereocenters. The molecule has 1 amide bonds. The van der Waals surface area contributed by atoms with Gasteiger partial charge in [0.1, 0.15) is 0 Å². The average molecular weight is 299 g/mol. The number of nitrogens with two attached hydrogens (primary N) is 1. The van der Waals surface area contributed by atoms with Crippen molar-refractivity contribution in [1.82, 2.24) is 10.3 Å². The highest BCUT2D eigenvalue weighted by Gasteiger charge is 2.27. The summed E-state index contributed by atoms with van der Waals surface area (Å²) in [6, 6.07) is 3.32. The largest absolute Gasteiger partial charge is 0.349 e. The number of nitrogens with zero attached hydrogens (tertiary/aromatic N) is 1. The minimum Gasteiger partial charge on any atom is -0.349 e. The van der Waals surface area contributed by atoms with Crippen LogP contribution in [-0.2, 0) is 14.5 Å². The lowest BCUT2D eigenvalue weighted by Crippen LogP contribution is -2.33. The Hall–Kier alpha value is -1.51. The van der Waals surface area contributed by atoms with Crippen LogP contribution in [-0.4, -0.2) is 32.0 Å². The van der Waals surface area contributed by atoms with Crippen molar-refractivity contribution in [3.05, 3.63) is 30.1 Å². The van der Waals surface area contributed by atoms with Crippen LogP contribution in [0.4, 0.5) is 0 Å². The Labute approximate surface area is 117 Å². The maximum absolute atomic E-state index is 11.9. The number of nitrogens with one attached hydrogen (secondary N) is 1. The van der Waals surface area contributed by atoms with E-state index in [4.69, 9.17) is 5.14 Å². The van der Waals surface area contributed by atoms with Crippen molar-refractivity contribution in [1.29, 1.82) is 0 Å². The molecule has 20 heavy (non-hydrogen) atoms. The van der Waals surface area contributed by atoms with Crippen molar-refractivity contribution >= 4 is 16.2 Å². The third-order valence-corrected chi connectivity index (χ3v) is 3.75. The predicted octanol–water partition coefficient (Wildman–Crippen LogP) is 0.200. The van der Waals surface area contributed by atoms with Crippen LogP contribution < -0.4 is 10.5 Å². The summed E-state index contributed by atoms with van der Waals surface area (Å²) in [6.45, 7) is 0.0699. The number of amides is 1. The molecule has 0 aromatic carbocycles. The van der Waals surface area contributed by atoms with Crippen LogP contribution in [0.2, 0.25) is 0 Å². The third-order valence-electron chi connectivity index (χ3n) is 3.29. The summed E-state index contributed by atoms with van der Waals surface area (Å²) in [4.78, 5) is 15.8. The van der Waals surface area contributed by atoms with Crippen molar-refractivity contribution in [2.75, 3.05) is 6.61 Å². The van der Waals surface area contributed by atoms with E-state index in [2.05, 4.69) is 14.5 Å². The van der Waals surface area contributed by atoms with Crippen molar-refractivity contribution in [2.24, 2.45) is 11.1 Å². The SMILES string of the molecule is NS(=O)(=O)OCC1CCC(NC(=O)c2ccncc2)C1. The van der Waals surface area contributed by atoms with Crippen molar-refractivity contribution in [2.45, 2.75) is 25.3 Å². The number of rotatable bonds is 5. The van der Waals surface area contributed by atoms with Crippen molar-refractivity contribution < 1.29 is 17.4 Å². The Morgan fingerprint density at radius 2 is 2.10 bits per heavy atom. The zero-order chi connectivity index (χ0) is 14.6. The van der Waals surface area contributed by atoms with Gasteiger partial charge in [0.15, 0.2) is 0 Å². The topological polar surface area (TPSA) is 111 Å². The highest BCUT2D eigenvalue weighted by Crippen LogP contribution is 2.26. The fourth-order valence-corrected chi connectivity index (χ4v) is 2.70. The van der Waals surface area contributed by atoms with Crippen LogP contribution >= 0.6 is 0 Å². The first-order valence-corrected chi connectivity index (χ1v) is 7.79. The van der Waals surface area contributed by atoms with Crippen LogP contribution in [0.15, 0.2) is 24.5 Å². The van der Waals surface area contributed by atoms with E-state index in [9.17, 15) is 13.2 Å². The molecular formula is C12H17N3O4S. The molecule has 2 unspecified atom stereocenters. The Morgan fingerprint density at radius 3 is 2.75 bits per heavy atom. The molecule has 7 nitrogen and oxygen atoms in total. The summed E-state index contributed by atoms with van der Waals surface area (Å²) in [7, 11) is -3.89.